The fourth-order valence-corrected chi connectivity index (χ4v) is 2.22. The average molecular weight is 330 g/mol. The van der Waals surface area contributed by atoms with Crippen LogP contribution in [-0.2, 0) is 0 Å². The van der Waals surface area contributed by atoms with Crippen LogP contribution in [0.15, 0.2) is 21.6 Å². The Hall–Kier alpha value is -1.30. The van der Waals surface area contributed by atoms with Crippen LogP contribution in [0.1, 0.15) is 31.9 Å². The van der Waals surface area contributed by atoms with E-state index in [1.807, 2.05) is 6.92 Å². The molecule has 19 heavy (non-hydrogen) atoms. The summed E-state index contributed by atoms with van der Waals surface area (Å²) in [7, 11) is 0. The van der Waals surface area contributed by atoms with E-state index >= 15 is 0 Å². The Morgan fingerprint density at radius 3 is 3.11 bits per heavy atom. The Morgan fingerprint density at radius 2 is 2.42 bits per heavy atom. The fourth-order valence-electron chi connectivity index (χ4n) is 1.85. The van der Waals surface area contributed by atoms with Crippen LogP contribution in [0.25, 0.3) is 0 Å². The molecular weight excluding hydrogens is 313 g/mol. The number of rotatable bonds is 3. The highest BCUT2D eigenvalue weighted by molar-refractivity contribution is 9.10. The highest BCUT2D eigenvalue weighted by Crippen LogP contribution is 2.37. The predicted molar refractivity (Wildman–Crippen MR) is 76.8 cm³/mol. The number of nitrogens with one attached hydrogen (secondary N) is 1. The van der Waals surface area contributed by atoms with E-state index < -0.39 is 0 Å². The Balaban J connectivity index is 2.18. The number of ether oxygens (including phenoxy) is 1. The van der Waals surface area contributed by atoms with Crippen LogP contribution in [0.2, 0.25) is 0 Å². The second kappa shape index (κ2) is 5.77. The van der Waals surface area contributed by atoms with Gasteiger partial charge in [-0.3, -0.25) is 0 Å². The van der Waals surface area contributed by atoms with Gasteiger partial charge in [0.05, 0.1) is 4.47 Å². The van der Waals surface area contributed by atoms with Gasteiger partial charge in [-0.2, -0.15) is 0 Å². The first-order valence-corrected chi connectivity index (χ1v) is 7.02. The topological polar surface area (TPSA) is 59.6 Å². The van der Waals surface area contributed by atoms with E-state index in [2.05, 4.69) is 33.2 Å². The van der Waals surface area contributed by atoms with E-state index in [1.54, 1.807) is 6.07 Å². The number of guanidine groups is 1. The summed E-state index contributed by atoms with van der Waals surface area (Å²) in [6.45, 7) is 4.49. The highest BCUT2D eigenvalue weighted by Gasteiger charge is 2.25. The molecule has 1 aromatic rings. The maximum atomic E-state index is 13.4. The molecule has 0 saturated carbocycles. The van der Waals surface area contributed by atoms with Gasteiger partial charge < -0.3 is 15.8 Å². The summed E-state index contributed by atoms with van der Waals surface area (Å²) in [4.78, 5) is 4.39. The summed E-state index contributed by atoms with van der Waals surface area (Å²) < 4.78 is 19.2. The maximum Gasteiger partial charge on any atom is 0.189 e. The number of hydrogen-bond acceptors (Lipinski definition) is 2. The molecule has 104 valence electrons. The lowest BCUT2D eigenvalue weighted by Gasteiger charge is -2.13. The summed E-state index contributed by atoms with van der Waals surface area (Å²) in [6.07, 6.45) is 0.963. The molecule has 0 saturated heterocycles. The Bertz CT molecular complexity index is 507. The lowest BCUT2D eigenvalue weighted by molar-refractivity contribution is 0.332. The van der Waals surface area contributed by atoms with E-state index in [9.17, 15) is 4.39 Å². The largest absolute Gasteiger partial charge is 0.491 e. The lowest BCUT2D eigenvalue weighted by Crippen LogP contribution is -2.38. The van der Waals surface area contributed by atoms with Gasteiger partial charge in [0.1, 0.15) is 24.2 Å². The van der Waals surface area contributed by atoms with Crippen LogP contribution in [0, 0.1) is 5.82 Å². The number of benzene rings is 1. The molecule has 1 aromatic carbocycles. The summed E-state index contributed by atoms with van der Waals surface area (Å²) in [5.41, 5.74) is 6.70. The molecule has 2 unspecified atom stereocenters. The normalized spacial score (nSPS) is 19.8. The van der Waals surface area contributed by atoms with Crippen molar-refractivity contribution >= 4 is 21.9 Å². The van der Waals surface area contributed by atoms with Crippen molar-refractivity contribution in [3.8, 4) is 5.75 Å². The third kappa shape index (κ3) is 3.18. The summed E-state index contributed by atoms with van der Waals surface area (Å²) in [6, 6.07) is 3.14. The number of aliphatic imine (C=N–C) groups is 1. The molecule has 1 heterocycles. The predicted octanol–water partition coefficient (Wildman–Crippen LogP) is 2.72. The standard InChI is InChI=1S/C13H17BrFN3O/c1-3-7(2)17-13(16)18-11-6-19-12-5-10(15)9(14)4-8(11)12/h4-5,7,11H,3,6H2,1-2H3,(H3,16,17,18). The molecule has 0 fully saturated rings. The minimum atomic E-state index is -0.339. The van der Waals surface area contributed by atoms with E-state index in [1.165, 1.54) is 6.07 Å². The van der Waals surface area contributed by atoms with Gasteiger partial charge in [-0.05, 0) is 35.3 Å². The van der Waals surface area contributed by atoms with Crippen molar-refractivity contribution in [1.82, 2.24) is 5.32 Å². The molecule has 0 bridgehead atoms. The Morgan fingerprint density at radius 1 is 1.68 bits per heavy atom. The molecule has 2 atom stereocenters. The molecule has 1 aliphatic rings. The first kappa shape index (κ1) is 14.1. The van der Waals surface area contributed by atoms with Crippen molar-refractivity contribution in [1.29, 1.82) is 0 Å². The number of halogens is 2. The van der Waals surface area contributed by atoms with Crippen LogP contribution in [0.3, 0.4) is 0 Å². The van der Waals surface area contributed by atoms with E-state index in [0.717, 1.165) is 12.0 Å². The van der Waals surface area contributed by atoms with Gasteiger partial charge in [-0.15, -0.1) is 0 Å². The number of nitrogens with two attached hydrogens (primary N) is 1. The molecule has 6 heteroatoms. The van der Waals surface area contributed by atoms with Gasteiger partial charge in [-0.1, -0.05) is 6.92 Å². The first-order chi connectivity index (χ1) is 9.01. The smallest absolute Gasteiger partial charge is 0.189 e. The third-order valence-corrected chi connectivity index (χ3v) is 3.72. The minimum absolute atomic E-state index is 0.191. The molecule has 0 radical (unpaired) electrons. The minimum Gasteiger partial charge on any atom is -0.491 e. The molecule has 3 N–H and O–H groups in total. The van der Waals surface area contributed by atoms with Crippen LogP contribution in [0.4, 0.5) is 4.39 Å². The molecule has 1 aliphatic heterocycles. The summed E-state index contributed by atoms with van der Waals surface area (Å²) >= 11 is 3.17. The molecule has 4 nitrogen and oxygen atoms in total. The van der Waals surface area contributed by atoms with Gasteiger partial charge >= 0.3 is 0 Å². The second-order valence-corrected chi connectivity index (χ2v) is 5.45. The SMILES string of the molecule is CCC(C)NC(N)=NC1COc2cc(F)c(Br)cc21. The third-order valence-electron chi connectivity index (χ3n) is 3.11. The van der Waals surface area contributed by atoms with Crippen molar-refractivity contribution in [3.05, 3.63) is 28.0 Å². The number of nitrogens with zero attached hydrogens (tertiary/aromatic N) is 1. The fraction of sp³-hybridized carbons (Fsp3) is 0.462. The van der Waals surface area contributed by atoms with Gasteiger partial charge in [0.25, 0.3) is 0 Å². The van der Waals surface area contributed by atoms with Gasteiger partial charge in [0, 0.05) is 17.7 Å². The van der Waals surface area contributed by atoms with Crippen LogP contribution in [0.5, 0.6) is 5.75 Å². The lowest BCUT2D eigenvalue weighted by atomic mass is 10.1. The maximum absolute atomic E-state index is 13.4. The summed E-state index contributed by atoms with van der Waals surface area (Å²) in [5.74, 6) is 0.580. The molecule has 0 aliphatic carbocycles. The van der Waals surface area contributed by atoms with Crippen LogP contribution in [-0.4, -0.2) is 18.6 Å². The Labute approximate surface area is 120 Å². The zero-order valence-electron chi connectivity index (χ0n) is 10.9. The summed E-state index contributed by atoms with van der Waals surface area (Å²) in [5, 5.41) is 3.10. The molecule has 0 aromatic heterocycles. The Kier molecular flexibility index (Phi) is 4.29. The van der Waals surface area contributed by atoms with Crippen molar-refractivity contribution < 1.29 is 9.13 Å². The first-order valence-electron chi connectivity index (χ1n) is 6.22. The van der Waals surface area contributed by atoms with Gasteiger partial charge in [0.2, 0.25) is 0 Å². The highest BCUT2D eigenvalue weighted by atomic mass is 79.9. The molecule has 0 amide bonds. The monoisotopic (exact) mass is 329 g/mol. The molecule has 0 spiro atoms. The van der Waals surface area contributed by atoms with E-state index in [4.69, 9.17) is 10.5 Å². The van der Waals surface area contributed by atoms with Crippen LogP contribution >= 0.6 is 15.9 Å². The van der Waals surface area contributed by atoms with Crippen molar-refractivity contribution in [2.45, 2.75) is 32.4 Å². The number of fused-ring (bicyclic) bond motifs is 1. The average Bonchev–Trinajstić information content (AvgIpc) is 2.72. The van der Waals surface area contributed by atoms with E-state index in [-0.39, 0.29) is 17.9 Å². The zero-order chi connectivity index (χ0) is 14.0. The van der Waals surface area contributed by atoms with Gasteiger partial charge in [0.15, 0.2) is 5.96 Å². The molecule has 2 rings (SSSR count). The zero-order valence-corrected chi connectivity index (χ0v) is 12.5. The second-order valence-electron chi connectivity index (χ2n) is 4.60. The van der Waals surface area contributed by atoms with Crippen LogP contribution < -0.4 is 15.8 Å². The van der Waals surface area contributed by atoms with Crippen molar-refractivity contribution in [3.63, 3.8) is 0 Å². The molecular formula is C13H17BrFN3O. The van der Waals surface area contributed by atoms with E-state index in [0.29, 0.717) is 22.8 Å². The van der Waals surface area contributed by atoms with Gasteiger partial charge in [-0.25, -0.2) is 9.38 Å². The quantitative estimate of drug-likeness (QED) is 0.662. The number of hydrogen-bond donors (Lipinski definition) is 2. The van der Waals surface area contributed by atoms with Crippen molar-refractivity contribution in [2.24, 2.45) is 10.7 Å². The van der Waals surface area contributed by atoms with Crippen molar-refractivity contribution in [2.75, 3.05) is 6.61 Å².